The fourth-order valence-electron chi connectivity index (χ4n) is 0.992. The Morgan fingerprint density at radius 3 is 2.62 bits per heavy atom. The second-order valence-corrected chi connectivity index (χ2v) is 2.90. The van der Waals surface area contributed by atoms with Crippen molar-refractivity contribution in [3.63, 3.8) is 0 Å². The summed E-state index contributed by atoms with van der Waals surface area (Å²) in [6.45, 7) is 8.26. The van der Waals surface area contributed by atoms with Crippen molar-refractivity contribution < 1.29 is 14.3 Å². The van der Waals surface area contributed by atoms with Crippen molar-refractivity contribution in [2.75, 3.05) is 13.7 Å². The van der Waals surface area contributed by atoms with Crippen LogP contribution in [0, 0.1) is 0 Å². The van der Waals surface area contributed by atoms with Crippen LogP contribution in [-0.4, -0.2) is 25.8 Å². The van der Waals surface area contributed by atoms with Gasteiger partial charge >= 0.3 is 5.97 Å². The number of esters is 1. The highest BCUT2D eigenvalue weighted by atomic mass is 16.5. The predicted molar refractivity (Wildman–Crippen MR) is 51.5 cm³/mol. The normalized spacial score (nSPS) is 12.2. The molecular weight excluding hydrogens is 168 g/mol. The molecule has 76 valence electrons. The molecule has 0 rings (SSSR count). The van der Waals surface area contributed by atoms with Crippen LogP contribution in [0.5, 0.6) is 0 Å². The zero-order valence-electron chi connectivity index (χ0n) is 8.63. The van der Waals surface area contributed by atoms with E-state index < -0.39 is 0 Å². The van der Waals surface area contributed by atoms with Gasteiger partial charge in [-0.1, -0.05) is 6.58 Å². The summed E-state index contributed by atoms with van der Waals surface area (Å²) in [5, 5.41) is 0. The zero-order valence-corrected chi connectivity index (χ0v) is 8.63. The molecule has 0 aliphatic heterocycles. The van der Waals surface area contributed by atoms with Crippen LogP contribution >= 0.6 is 0 Å². The summed E-state index contributed by atoms with van der Waals surface area (Å²) in [6, 6.07) is 0. The van der Waals surface area contributed by atoms with Gasteiger partial charge in [0.05, 0.1) is 13.2 Å². The smallest absolute Gasteiger partial charge is 0.333 e. The Kier molecular flexibility index (Phi) is 6.24. The molecule has 3 heteroatoms. The second-order valence-electron chi connectivity index (χ2n) is 2.90. The van der Waals surface area contributed by atoms with E-state index in [1.54, 1.807) is 0 Å². The Morgan fingerprint density at radius 1 is 1.54 bits per heavy atom. The van der Waals surface area contributed by atoms with E-state index in [0.717, 1.165) is 6.42 Å². The predicted octanol–water partition coefficient (Wildman–Crippen LogP) is 1.92. The summed E-state index contributed by atoms with van der Waals surface area (Å²) >= 11 is 0. The Balaban J connectivity index is 3.63. The third-order valence-electron chi connectivity index (χ3n) is 1.78. The van der Waals surface area contributed by atoms with Gasteiger partial charge in [0.1, 0.15) is 0 Å². The quantitative estimate of drug-likeness (QED) is 0.469. The van der Waals surface area contributed by atoms with Gasteiger partial charge in [0, 0.05) is 12.2 Å². The van der Waals surface area contributed by atoms with Crippen LogP contribution in [-0.2, 0) is 14.3 Å². The first-order valence-corrected chi connectivity index (χ1v) is 4.49. The first-order chi connectivity index (χ1) is 6.11. The third-order valence-corrected chi connectivity index (χ3v) is 1.78. The lowest BCUT2D eigenvalue weighted by Gasteiger charge is -2.11. The van der Waals surface area contributed by atoms with Crippen molar-refractivity contribution >= 4 is 5.97 Å². The fraction of sp³-hybridized carbons (Fsp3) is 0.700. The third kappa shape index (κ3) is 5.42. The lowest BCUT2D eigenvalue weighted by molar-refractivity contribution is -0.136. The first-order valence-electron chi connectivity index (χ1n) is 4.49. The Labute approximate surface area is 79.7 Å². The van der Waals surface area contributed by atoms with Crippen LogP contribution in [0.3, 0.4) is 0 Å². The number of carbonyl (C=O) groups excluding carboxylic acids is 1. The minimum absolute atomic E-state index is 0.173. The van der Waals surface area contributed by atoms with Gasteiger partial charge in [-0.2, -0.15) is 0 Å². The SMILES string of the molecule is C=C(CCC(C)OCC)C(=O)OC. The molecule has 0 amide bonds. The summed E-state index contributed by atoms with van der Waals surface area (Å²) in [4.78, 5) is 10.9. The molecule has 0 saturated carbocycles. The number of rotatable bonds is 6. The molecule has 0 bridgehead atoms. The lowest BCUT2D eigenvalue weighted by Crippen LogP contribution is -2.10. The van der Waals surface area contributed by atoms with Crippen molar-refractivity contribution in [1.29, 1.82) is 0 Å². The molecule has 0 aromatic heterocycles. The van der Waals surface area contributed by atoms with E-state index >= 15 is 0 Å². The van der Waals surface area contributed by atoms with Crippen LogP contribution in [0.15, 0.2) is 12.2 Å². The van der Waals surface area contributed by atoms with E-state index in [2.05, 4.69) is 11.3 Å². The number of hydrogen-bond acceptors (Lipinski definition) is 3. The van der Waals surface area contributed by atoms with Crippen LogP contribution in [0.1, 0.15) is 26.7 Å². The Hall–Kier alpha value is -0.830. The van der Waals surface area contributed by atoms with Gasteiger partial charge in [-0.25, -0.2) is 4.79 Å². The molecule has 3 nitrogen and oxygen atoms in total. The highest BCUT2D eigenvalue weighted by molar-refractivity contribution is 5.87. The van der Waals surface area contributed by atoms with Crippen molar-refractivity contribution in [1.82, 2.24) is 0 Å². The number of hydrogen-bond donors (Lipinski definition) is 0. The fourth-order valence-corrected chi connectivity index (χ4v) is 0.992. The van der Waals surface area contributed by atoms with E-state index in [0.29, 0.717) is 18.6 Å². The number of ether oxygens (including phenoxy) is 2. The largest absolute Gasteiger partial charge is 0.466 e. The van der Waals surface area contributed by atoms with Gasteiger partial charge in [0.25, 0.3) is 0 Å². The highest BCUT2D eigenvalue weighted by Gasteiger charge is 2.08. The van der Waals surface area contributed by atoms with E-state index in [1.807, 2.05) is 13.8 Å². The van der Waals surface area contributed by atoms with Crippen LogP contribution in [0.2, 0.25) is 0 Å². The van der Waals surface area contributed by atoms with E-state index in [1.165, 1.54) is 7.11 Å². The maximum Gasteiger partial charge on any atom is 0.333 e. The van der Waals surface area contributed by atoms with E-state index in [9.17, 15) is 4.79 Å². The van der Waals surface area contributed by atoms with E-state index in [-0.39, 0.29) is 12.1 Å². The monoisotopic (exact) mass is 186 g/mol. The number of methoxy groups -OCH3 is 1. The van der Waals surface area contributed by atoms with Gasteiger partial charge < -0.3 is 9.47 Å². The molecular formula is C10H18O3. The molecule has 0 N–H and O–H groups in total. The van der Waals surface area contributed by atoms with Gasteiger partial charge in [-0.3, -0.25) is 0 Å². The molecule has 1 atom stereocenters. The molecule has 13 heavy (non-hydrogen) atoms. The molecule has 0 saturated heterocycles. The molecule has 0 aliphatic carbocycles. The molecule has 0 spiro atoms. The van der Waals surface area contributed by atoms with Crippen LogP contribution in [0.25, 0.3) is 0 Å². The van der Waals surface area contributed by atoms with Crippen molar-refractivity contribution in [3.05, 3.63) is 12.2 Å². The van der Waals surface area contributed by atoms with Gasteiger partial charge in [-0.15, -0.1) is 0 Å². The molecule has 0 radical (unpaired) electrons. The maximum atomic E-state index is 10.9. The van der Waals surface area contributed by atoms with E-state index in [4.69, 9.17) is 4.74 Å². The van der Waals surface area contributed by atoms with Crippen molar-refractivity contribution in [3.8, 4) is 0 Å². The Morgan fingerprint density at radius 2 is 2.15 bits per heavy atom. The molecule has 0 aromatic carbocycles. The minimum atomic E-state index is -0.330. The summed E-state index contributed by atoms with van der Waals surface area (Å²) < 4.78 is 9.84. The maximum absolute atomic E-state index is 10.9. The second kappa shape index (κ2) is 6.66. The Bertz CT molecular complexity index is 175. The molecule has 0 fully saturated rings. The zero-order chi connectivity index (χ0) is 10.3. The van der Waals surface area contributed by atoms with Crippen LogP contribution in [0.4, 0.5) is 0 Å². The number of carbonyl (C=O) groups is 1. The minimum Gasteiger partial charge on any atom is -0.466 e. The average molecular weight is 186 g/mol. The summed E-state index contributed by atoms with van der Waals surface area (Å²) in [5.41, 5.74) is 0.508. The summed E-state index contributed by atoms with van der Waals surface area (Å²) in [6.07, 6.45) is 1.61. The molecule has 0 aliphatic rings. The lowest BCUT2D eigenvalue weighted by atomic mass is 10.1. The molecule has 0 aromatic rings. The van der Waals surface area contributed by atoms with Crippen molar-refractivity contribution in [2.45, 2.75) is 32.8 Å². The average Bonchev–Trinajstić information content (AvgIpc) is 2.13. The summed E-state index contributed by atoms with van der Waals surface area (Å²) in [7, 11) is 1.36. The summed E-state index contributed by atoms with van der Waals surface area (Å²) in [5.74, 6) is -0.330. The standard InChI is InChI=1S/C10H18O3/c1-5-13-9(3)7-6-8(2)10(11)12-4/h9H,2,5-7H2,1,3-4H3. The van der Waals surface area contributed by atoms with Crippen LogP contribution < -0.4 is 0 Å². The topological polar surface area (TPSA) is 35.5 Å². The molecule has 1 unspecified atom stereocenters. The van der Waals surface area contributed by atoms with Gasteiger partial charge in [0.15, 0.2) is 0 Å². The first kappa shape index (κ1) is 12.2. The van der Waals surface area contributed by atoms with Gasteiger partial charge in [0.2, 0.25) is 0 Å². The van der Waals surface area contributed by atoms with Crippen molar-refractivity contribution in [2.24, 2.45) is 0 Å². The highest BCUT2D eigenvalue weighted by Crippen LogP contribution is 2.08. The van der Waals surface area contributed by atoms with Gasteiger partial charge in [-0.05, 0) is 26.7 Å². The molecule has 0 heterocycles.